The molecule has 2 aromatic rings. The summed E-state index contributed by atoms with van der Waals surface area (Å²) in [6, 6.07) is 18.7. The van der Waals surface area contributed by atoms with Crippen LogP contribution in [0.4, 0.5) is 0 Å². The average molecular weight is 356 g/mol. The van der Waals surface area contributed by atoms with E-state index >= 15 is 0 Å². The van der Waals surface area contributed by atoms with Crippen molar-refractivity contribution in [3.05, 3.63) is 65.7 Å². The molecule has 1 saturated heterocycles. The molecule has 0 bridgehead atoms. The highest BCUT2D eigenvalue weighted by Gasteiger charge is 2.23. The monoisotopic (exact) mass is 356 g/mol. The molecule has 140 valence electrons. The molecule has 26 heavy (non-hydrogen) atoms. The molecule has 0 amide bonds. The number of hydrogen-bond acceptors (Lipinski definition) is 3. The fourth-order valence-corrected chi connectivity index (χ4v) is 3.44. The van der Waals surface area contributed by atoms with Crippen LogP contribution >= 0.6 is 0 Å². The Balaban J connectivity index is 1.54. The Morgan fingerprint density at radius 2 is 1.62 bits per heavy atom. The summed E-state index contributed by atoms with van der Waals surface area (Å²) >= 11 is 0. The van der Waals surface area contributed by atoms with Gasteiger partial charge in [0, 0.05) is 5.41 Å². The Kier molecular flexibility index (Phi) is 6.30. The molecule has 3 rings (SSSR count). The Bertz CT molecular complexity index is 664. The number of quaternary nitrogens is 1. The van der Waals surface area contributed by atoms with Gasteiger partial charge in [0.2, 0.25) is 0 Å². The van der Waals surface area contributed by atoms with E-state index in [0.29, 0.717) is 13.2 Å². The van der Waals surface area contributed by atoms with Crippen molar-refractivity contribution in [2.75, 3.05) is 39.5 Å². The van der Waals surface area contributed by atoms with Gasteiger partial charge in [-0.15, -0.1) is 0 Å². The van der Waals surface area contributed by atoms with Gasteiger partial charge in [-0.1, -0.05) is 56.3 Å². The molecule has 0 radical (unpaired) electrons. The number of benzene rings is 2. The van der Waals surface area contributed by atoms with Crippen LogP contribution in [0.3, 0.4) is 0 Å². The first kappa shape index (κ1) is 18.9. The van der Waals surface area contributed by atoms with Crippen LogP contribution in [0.25, 0.3) is 0 Å². The average Bonchev–Trinajstić information content (AvgIpc) is 2.68. The number of ether oxygens (including phenoxy) is 2. The van der Waals surface area contributed by atoms with Crippen molar-refractivity contribution in [2.24, 2.45) is 0 Å². The van der Waals surface area contributed by atoms with Crippen LogP contribution in [0.15, 0.2) is 54.6 Å². The minimum atomic E-state index is -0.455. The summed E-state index contributed by atoms with van der Waals surface area (Å²) in [4.78, 5) is 1.38. The molecule has 2 N–H and O–H groups in total. The van der Waals surface area contributed by atoms with Gasteiger partial charge >= 0.3 is 0 Å². The number of hydrogen-bond donors (Lipinski definition) is 2. The molecule has 0 spiro atoms. The van der Waals surface area contributed by atoms with Gasteiger partial charge < -0.3 is 19.5 Å². The lowest BCUT2D eigenvalue weighted by Crippen LogP contribution is -3.15. The van der Waals surface area contributed by atoms with Crippen molar-refractivity contribution in [2.45, 2.75) is 25.4 Å². The number of aliphatic hydroxyl groups excluding tert-OH is 1. The lowest BCUT2D eigenvalue weighted by molar-refractivity contribution is -0.911. The molecule has 1 aliphatic heterocycles. The van der Waals surface area contributed by atoms with Gasteiger partial charge in [0.25, 0.3) is 0 Å². The summed E-state index contributed by atoms with van der Waals surface area (Å²) in [6.07, 6.45) is -0.455. The molecule has 0 aromatic heterocycles. The zero-order valence-electron chi connectivity index (χ0n) is 15.8. The van der Waals surface area contributed by atoms with Crippen LogP contribution in [0.2, 0.25) is 0 Å². The Morgan fingerprint density at radius 3 is 2.27 bits per heavy atom. The van der Waals surface area contributed by atoms with Crippen LogP contribution < -0.4 is 9.64 Å². The van der Waals surface area contributed by atoms with E-state index in [-0.39, 0.29) is 5.41 Å². The Hall–Kier alpha value is -1.88. The maximum atomic E-state index is 10.2. The molecule has 1 heterocycles. The van der Waals surface area contributed by atoms with E-state index in [9.17, 15) is 5.11 Å². The largest absolute Gasteiger partial charge is 0.491 e. The van der Waals surface area contributed by atoms with Crippen molar-refractivity contribution in [1.82, 2.24) is 0 Å². The van der Waals surface area contributed by atoms with Gasteiger partial charge in [-0.3, -0.25) is 0 Å². The lowest BCUT2D eigenvalue weighted by Gasteiger charge is -2.27. The maximum Gasteiger partial charge on any atom is 0.137 e. The summed E-state index contributed by atoms with van der Waals surface area (Å²) in [5.74, 6) is 0.800. The smallest absolute Gasteiger partial charge is 0.137 e. The third-order valence-corrected chi connectivity index (χ3v) is 5.24. The summed E-state index contributed by atoms with van der Waals surface area (Å²) in [5.41, 5.74) is 2.48. The molecule has 1 fully saturated rings. The second-order valence-corrected chi connectivity index (χ2v) is 7.55. The van der Waals surface area contributed by atoms with Gasteiger partial charge in [0.05, 0.1) is 13.2 Å². The second kappa shape index (κ2) is 8.67. The number of rotatable bonds is 7. The number of morpholine rings is 1. The predicted molar refractivity (Wildman–Crippen MR) is 103 cm³/mol. The first-order chi connectivity index (χ1) is 12.6. The van der Waals surface area contributed by atoms with Crippen molar-refractivity contribution in [1.29, 1.82) is 0 Å². The highest BCUT2D eigenvalue weighted by molar-refractivity contribution is 5.39. The van der Waals surface area contributed by atoms with Gasteiger partial charge in [-0.05, 0) is 23.3 Å². The van der Waals surface area contributed by atoms with E-state index in [1.54, 1.807) is 0 Å². The van der Waals surface area contributed by atoms with Gasteiger partial charge in [-0.2, -0.15) is 0 Å². The minimum Gasteiger partial charge on any atom is -0.491 e. The fraction of sp³-hybridized carbons (Fsp3) is 0.455. The molecule has 4 nitrogen and oxygen atoms in total. The molecule has 1 aliphatic rings. The normalized spacial score (nSPS) is 17.0. The fourth-order valence-electron chi connectivity index (χ4n) is 3.44. The van der Waals surface area contributed by atoms with Crippen molar-refractivity contribution in [3.8, 4) is 5.75 Å². The van der Waals surface area contributed by atoms with Gasteiger partial charge in [0.15, 0.2) is 0 Å². The quantitative estimate of drug-likeness (QED) is 0.793. The third-order valence-electron chi connectivity index (χ3n) is 5.24. The maximum absolute atomic E-state index is 10.2. The minimum absolute atomic E-state index is 0.0566. The zero-order chi connectivity index (χ0) is 18.4. The van der Waals surface area contributed by atoms with E-state index < -0.39 is 6.10 Å². The van der Waals surface area contributed by atoms with Crippen LogP contribution in [0.5, 0.6) is 5.75 Å². The number of nitrogens with one attached hydrogen (secondary N) is 1. The van der Waals surface area contributed by atoms with Crippen molar-refractivity contribution in [3.63, 3.8) is 0 Å². The van der Waals surface area contributed by atoms with Gasteiger partial charge in [-0.25, -0.2) is 0 Å². The molecule has 0 unspecified atom stereocenters. The summed E-state index contributed by atoms with van der Waals surface area (Å²) in [5, 5.41) is 10.2. The standard InChI is InChI=1S/C22H29NO3/c1-22(2,18-6-4-3-5-7-18)19-8-10-21(11-9-19)26-17-20(24)16-23-12-14-25-15-13-23/h3-11,20,24H,12-17H2,1-2H3/p+1/t20-/m0/s1. The van der Waals surface area contributed by atoms with E-state index in [2.05, 4.69) is 50.2 Å². The molecule has 2 aromatic carbocycles. The summed E-state index contributed by atoms with van der Waals surface area (Å²) < 4.78 is 11.1. The first-order valence-corrected chi connectivity index (χ1v) is 9.44. The van der Waals surface area contributed by atoms with E-state index in [4.69, 9.17) is 9.47 Å². The van der Waals surface area contributed by atoms with E-state index in [0.717, 1.165) is 32.1 Å². The summed E-state index contributed by atoms with van der Waals surface area (Å²) in [6.45, 7) is 8.97. The first-order valence-electron chi connectivity index (χ1n) is 9.44. The van der Waals surface area contributed by atoms with Crippen LogP contribution in [-0.2, 0) is 10.2 Å². The van der Waals surface area contributed by atoms with Crippen LogP contribution in [0, 0.1) is 0 Å². The number of aliphatic hydroxyl groups is 1. The van der Waals surface area contributed by atoms with Crippen molar-refractivity contribution < 1.29 is 19.5 Å². The second-order valence-electron chi connectivity index (χ2n) is 7.55. The Morgan fingerprint density at radius 1 is 1.00 bits per heavy atom. The molecule has 0 saturated carbocycles. The molecule has 1 atom stereocenters. The molecular formula is C22H30NO3+. The zero-order valence-corrected chi connectivity index (χ0v) is 15.8. The van der Waals surface area contributed by atoms with Crippen LogP contribution in [0.1, 0.15) is 25.0 Å². The lowest BCUT2D eigenvalue weighted by atomic mass is 9.78. The molecule has 0 aliphatic carbocycles. The van der Waals surface area contributed by atoms with Crippen LogP contribution in [-0.4, -0.2) is 50.7 Å². The molecular weight excluding hydrogens is 326 g/mol. The van der Waals surface area contributed by atoms with Crippen molar-refractivity contribution >= 4 is 0 Å². The van der Waals surface area contributed by atoms with Gasteiger partial charge in [0.1, 0.15) is 38.1 Å². The van der Waals surface area contributed by atoms with E-state index in [1.807, 2.05) is 18.2 Å². The highest BCUT2D eigenvalue weighted by Crippen LogP contribution is 2.32. The Labute approximate surface area is 156 Å². The molecule has 4 heteroatoms. The topological polar surface area (TPSA) is 43.1 Å². The highest BCUT2D eigenvalue weighted by atomic mass is 16.5. The predicted octanol–water partition coefficient (Wildman–Crippen LogP) is 1.67. The summed E-state index contributed by atoms with van der Waals surface area (Å²) in [7, 11) is 0. The van der Waals surface area contributed by atoms with E-state index in [1.165, 1.54) is 16.0 Å². The third kappa shape index (κ3) is 4.85. The SMILES string of the molecule is CC(C)(c1ccccc1)c1ccc(OC[C@@H](O)C[NH+]2CCOCC2)cc1.